The molecule has 2 aromatic rings. The molecule has 0 saturated carbocycles. The maximum atomic E-state index is 10.3. The van der Waals surface area contributed by atoms with Crippen LogP contribution in [0.5, 0.6) is 0 Å². The molecule has 4 nitrogen and oxygen atoms in total. The van der Waals surface area contributed by atoms with Crippen molar-refractivity contribution in [3.05, 3.63) is 48.3 Å². The number of hydrogen-bond donors (Lipinski definition) is 2. The molecule has 2 aromatic heterocycles. The van der Waals surface area contributed by atoms with E-state index in [0.717, 1.165) is 0 Å². The first-order chi connectivity index (χ1) is 6.77. The van der Waals surface area contributed by atoms with Gasteiger partial charge in [-0.25, -0.2) is 0 Å². The van der Waals surface area contributed by atoms with Crippen molar-refractivity contribution in [3.63, 3.8) is 0 Å². The van der Waals surface area contributed by atoms with E-state index in [1.54, 1.807) is 18.2 Å². The van der Waals surface area contributed by atoms with Gasteiger partial charge in [0.2, 0.25) is 0 Å². The van der Waals surface area contributed by atoms with E-state index in [-0.39, 0.29) is 6.54 Å². The minimum Gasteiger partial charge on any atom is -0.472 e. The Bertz CT molecular complexity index is 343. The first-order valence-corrected chi connectivity index (χ1v) is 4.26. The van der Waals surface area contributed by atoms with Crippen LogP contribution in [0.25, 0.3) is 0 Å². The average Bonchev–Trinajstić information content (AvgIpc) is 2.88. The number of nitrogens with two attached hydrogens (primary N) is 1. The predicted octanol–water partition coefficient (Wildman–Crippen LogP) is 1.07. The fourth-order valence-electron chi connectivity index (χ4n) is 1.37. The normalized spacial score (nSPS) is 15.3. The molecule has 0 aromatic carbocycles. The van der Waals surface area contributed by atoms with Crippen LogP contribution in [-0.4, -0.2) is 11.7 Å². The minimum atomic E-state index is -1.30. The van der Waals surface area contributed by atoms with Crippen LogP contribution in [0.2, 0.25) is 0 Å². The van der Waals surface area contributed by atoms with Crippen LogP contribution in [0.4, 0.5) is 0 Å². The highest BCUT2D eigenvalue weighted by Gasteiger charge is 2.33. The smallest absolute Gasteiger partial charge is 0.162 e. The van der Waals surface area contributed by atoms with Gasteiger partial charge in [0, 0.05) is 12.1 Å². The van der Waals surface area contributed by atoms with Gasteiger partial charge in [0.15, 0.2) is 5.60 Å². The molecule has 0 bridgehead atoms. The number of hydrogen-bond acceptors (Lipinski definition) is 4. The molecular formula is C10H11NO3. The molecule has 0 aliphatic carbocycles. The molecular weight excluding hydrogens is 182 g/mol. The lowest BCUT2D eigenvalue weighted by Gasteiger charge is -2.22. The van der Waals surface area contributed by atoms with Crippen LogP contribution in [0.15, 0.2) is 45.8 Å². The second-order valence-electron chi connectivity index (χ2n) is 3.05. The van der Waals surface area contributed by atoms with Gasteiger partial charge in [-0.1, -0.05) is 0 Å². The lowest BCUT2D eigenvalue weighted by Crippen LogP contribution is -2.35. The maximum absolute atomic E-state index is 10.3. The van der Waals surface area contributed by atoms with Gasteiger partial charge in [0.05, 0.1) is 18.8 Å². The summed E-state index contributed by atoms with van der Waals surface area (Å²) in [6.07, 6.45) is 4.43. The van der Waals surface area contributed by atoms with Crippen molar-refractivity contribution >= 4 is 0 Å². The van der Waals surface area contributed by atoms with E-state index in [1.807, 2.05) is 0 Å². The Labute approximate surface area is 80.9 Å². The van der Waals surface area contributed by atoms with Crippen LogP contribution in [0.3, 0.4) is 0 Å². The minimum absolute atomic E-state index is 0.0417. The molecule has 0 aliphatic rings. The molecule has 14 heavy (non-hydrogen) atoms. The Morgan fingerprint density at radius 3 is 2.71 bits per heavy atom. The summed E-state index contributed by atoms with van der Waals surface area (Å²) < 4.78 is 10.0. The fourth-order valence-corrected chi connectivity index (χ4v) is 1.37. The zero-order chi connectivity index (χ0) is 10.0. The van der Waals surface area contributed by atoms with Gasteiger partial charge < -0.3 is 19.7 Å². The Morgan fingerprint density at radius 2 is 2.21 bits per heavy atom. The van der Waals surface area contributed by atoms with E-state index < -0.39 is 5.60 Å². The average molecular weight is 193 g/mol. The summed E-state index contributed by atoms with van der Waals surface area (Å²) in [4.78, 5) is 0. The molecule has 2 heterocycles. The molecule has 0 amide bonds. The Balaban J connectivity index is 2.45. The van der Waals surface area contributed by atoms with E-state index in [1.165, 1.54) is 18.8 Å². The van der Waals surface area contributed by atoms with Gasteiger partial charge in [-0.2, -0.15) is 0 Å². The third-order valence-corrected chi connectivity index (χ3v) is 2.22. The second-order valence-corrected chi connectivity index (χ2v) is 3.05. The van der Waals surface area contributed by atoms with Crippen molar-refractivity contribution in [1.82, 2.24) is 0 Å². The summed E-state index contributed by atoms with van der Waals surface area (Å²) in [6.45, 7) is 0.0417. The summed E-state index contributed by atoms with van der Waals surface area (Å²) in [5.41, 5.74) is 4.84. The molecule has 74 valence electrons. The SMILES string of the molecule is NCC(O)(c1ccoc1)c1ccco1. The first-order valence-electron chi connectivity index (χ1n) is 4.26. The molecule has 1 unspecified atom stereocenters. The Morgan fingerprint density at radius 1 is 1.36 bits per heavy atom. The van der Waals surface area contributed by atoms with Crippen LogP contribution in [0.1, 0.15) is 11.3 Å². The highest BCUT2D eigenvalue weighted by molar-refractivity contribution is 5.28. The number of furan rings is 2. The highest BCUT2D eigenvalue weighted by Crippen LogP contribution is 2.28. The molecule has 0 radical (unpaired) electrons. The third kappa shape index (κ3) is 1.25. The quantitative estimate of drug-likeness (QED) is 0.764. The van der Waals surface area contributed by atoms with Crippen molar-refractivity contribution in [1.29, 1.82) is 0 Å². The molecule has 0 spiro atoms. The van der Waals surface area contributed by atoms with E-state index in [0.29, 0.717) is 11.3 Å². The summed E-state index contributed by atoms with van der Waals surface area (Å²) in [5, 5.41) is 10.3. The topological polar surface area (TPSA) is 72.5 Å². The van der Waals surface area contributed by atoms with E-state index >= 15 is 0 Å². The van der Waals surface area contributed by atoms with Crippen molar-refractivity contribution < 1.29 is 13.9 Å². The van der Waals surface area contributed by atoms with Crippen molar-refractivity contribution in [2.24, 2.45) is 5.73 Å². The first kappa shape index (κ1) is 9.05. The highest BCUT2D eigenvalue weighted by atomic mass is 16.4. The number of rotatable bonds is 3. The largest absolute Gasteiger partial charge is 0.472 e. The van der Waals surface area contributed by atoms with Crippen LogP contribution in [0, 0.1) is 0 Å². The van der Waals surface area contributed by atoms with Crippen LogP contribution >= 0.6 is 0 Å². The maximum Gasteiger partial charge on any atom is 0.162 e. The molecule has 2 rings (SSSR count). The Hall–Kier alpha value is -1.52. The van der Waals surface area contributed by atoms with E-state index in [2.05, 4.69) is 0 Å². The molecule has 1 atom stereocenters. The van der Waals surface area contributed by atoms with E-state index in [4.69, 9.17) is 14.6 Å². The third-order valence-electron chi connectivity index (χ3n) is 2.22. The predicted molar refractivity (Wildman–Crippen MR) is 49.5 cm³/mol. The van der Waals surface area contributed by atoms with Gasteiger partial charge in [0.1, 0.15) is 5.76 Å². The summed E-state index contributed by atoms with van der Waals surface area (Å²) in [6, 6.07) is 5.05. The van der Waals surface area contributed by atoms with Gasteiger partial charge in [-0.15, -0.1) is 0 Å². The van der Waals surface area contributed by atoms with Crippen molar-refractivity contribution in [2.45, 2.75) is 5.60 Å². The summed E-state index contributed by atoms with van der Waals surface area (Å²) in [7, 11) is 0. The van der Waals surface area contributed by atoms with Gasteiger partial charge >= 0.3 is 0 Å². The van der Waals surface area contributed by atoms with Crippen molar-refractivity contribution in [3.8, 4) is 0 Å². The molecule has 0 aliphatic heterocycles. The van der Waals surface area contributed by atoms with Crippen LogP contribution < -0.4 is 5.73 Å². The number of aliphatic hydroxyl groups is 1. The zero-order valence-corrected chi connectivity index (χ0v) is 7.51. The summed E-state index contributed by atoms with van der Waals surface area (Å²) >= 11 is 0. The standard InChI is InChI=1S/C10H11NO3/c11-7-10(12,8-3-5-13-6-8)9-2-1-4-14-9/h1-6,12H,7,11H2. The second kappa shape index (κ2) is 3.32. The lowest BCUT2D eigenvalue weighted by atomic mass is 9.94. The molecule has 0 saturated heterocycles. The molecule has 4 heteroatoms. The van der Waals surface area contributed by atoms with Crippen LogP contribution in [-0.2, 0) is 5.60 Å². The summed E-state index contributed by atoms with van der Waals surface area (Å²) in [5.74, 6) is 0.418. The van der Waals surface area contributed by atoms with Gasteiger partial charge in [-0.05, 0) is 18.2 Å². The molecule has 3 N–H and O–H groups in total. The molecule has 0 fully saturated rings. The fraction of sp³-hybridized carbons (Fsp3) is 0.200. The van der Waals surface area contributed by atoms with Crippen molar-refractivity contribution in [2.75, 3.05) is 6.54 Å². The van der Waals surface area contributed by atoms with Gasteiger partial charge in [-0.3, -0.25) is 0 Å². The van der Waals surface area contributed by atoms with Gasteiger partial charge in [0.25, 0.3) is 0 Å². The zero-order valence-electron chi connectivity index (χ0n) is 7.51. The lowest BCUT2D eigenvalue weighted by molar-refractivity contribution is 0.0651. The Kier molecular flexibility index (Phi) is 2.15. The van der Waals surface area contributed by atoms with E-state index in [9.17, 15) is 5.11 Å². The monoisotopic (exact) mass is 193 g/mol.